The van der Waals surface area contributed by atoms with Gasteiger partial charge >= 0.3 is 6.18 Å². The van der Waals surface area contributed by atoms with Crippen LogP contribution in [0.15, 0.2) is 30.7 Å². The molecule has 0 saturated carbocycles. The lowest BCUT2D eigenvalue weighted by Gasteiger charge is -2.21. The first kappa shape index (κ1) is 16.0. The molecule has 0 fully saturated rings. The second-order valence-corrected chi connectivity index (χ2v) is 5.05. The van der Waals surface area contributed by atoms with Crippen LogP contribution in [0.5, 0.6) is 0 Å². The van der Waals surface area contributed by atoms with Crippen molar-refractivity contribution in [3.8, 4) is 0 Å². The van der Waals surface area contributed by atoms with Crippen LogP contribution in [0.3, 0.4) is 0 Å². The second-order valence-electron chi connectivity index (χ2n) is 4.20. The van der Waals surface area contributed by atoms with Crippen LogP contribution < -0.4 is 5.32 Å². The lowest BCUT2D eigenvalue weighted by Crippen LogP contribution is -2.23. The molecule has 0 aliphatic rings. The highest BCUT2D eigenvalue weighted by Crippen LogP contribution is 2.37. The first-order valence-corrected chi connectivity index (χ1v) is 6.59. The number of halogens is 5. The van der Waals surface area contributed by atoms with Gasteiger partial charge in [-0.25, -0.2) is 0 Å². The Morgan fingerprint density at radius 3 is 2.52 bits per heavy atom. The van der Waals surface area contributed by atoms with Crippen molar-refractivity contribution in [2.75, 3.05) is 7.05 Å². The second kappa shape index (κ2) is 6.17. The highest BCUT2D eigenvalue weighted by Gasteiger charge is 2.36. The smallest absolute Gasteiger partial charge is 0.308 e. The third-order valence-electron chi connectivity index (χ3n) is 2.87. The average molecular weight is 336 g/mol. The summed E-state index contributed by atoms with van der Waals surface area (Å²) >= 11 is 11.8. The van der Waals surface area contributed by atoms with Gasteiger partial charge < -0.3 is 5.32 Å². The Labute approximate surface area is 129 Å². The predicted octanol–water partition coefficient (Wildman–Crippen LogP) is 4.11. The lowest BCUT2D eigenvalue weighted by molar-refractivity contribution is -0.138. The Kier molecular flexibility index (Phi) is 4.70. The van der Waals surface area contributed by atoms with E-state index >= 15 is 0 Å². The van der Waals surface area contributed by atoms with Crippen molar-refractivity contribution >= 4 is 23.2 Å². The minimum atomic E-state index is -4.49. The van der Waals surface area contributed by atoms with E-state index in [9.17, 15) is 13.2 Å². The van der Waals surface area contributed by atoms with Crippen LogP contribution >= 0.6 is 23.2 Å². The molecule has 2 aromatic heterocycles. The molecule has 0 spiro atoms. The molecular weight excluding hydrogens is 326 g/mol. The molecule has 0 saturated heterocycles. The molecule has 0 radical (unpaired) electrons. The Hall–Kier alpha value is -1.37. The zero-order valence-electron chi connectivity index (χ0n) is 10.7. The first-order chi connectivity index (χ1) is 9.84. The Bertz CT molecular complexity index is 647. The van der Waals surface area contributed by atoms with Crippen LogP contribution in [0, 0.1) is 0 Å². The van der Waals surface area contributed by atoms with Gasteiger partial charge in [-0.15, -0.1) is 0 Å². The molecule has 0 bridgehead atoms. The molecule has 0 aliphatic heterocycles. The summed E-state index contributed by atoms with van der Waals surface area (Å²) in [5, 5.41) is 3.26. The summed E-state index contributed by atoms with van der Waals surface area (Å²) < 4.78 is 39.3. The molecule has 21 heavy (non-hydrogen) atoms. The summed E-state index contributed by atoms with van der Waals surface area (Å²) in [6, 6.07) is 1.50. The third kappa shape index (κ3) is 3.45. The third-order valence-corrected chi connectivity index (χ3v) is 3.38. The minimum absolute atomic E-state index is 0.0516. The van der Waals surface area contributed by atoms with E-state index in [4.69, 9.17) is 23.2 Å². The number of rotatable bonds is 3. The summed E-state index contributed by atoms with van der Waals surface area (Å²) in [5.41, 5.74) is -0.587. The maximum absolute atomic E-state index is 13.1. The van der Waals surface area contributed by atoms with Gasteiger partial charge in [-0.1, -0.05) is 23.2 Å². The van der Waals surface area contributed by atoms with Crippen LogP contribution in [0.1, 0.15) is 22.9 Å². The molecular formula is C13H10Cl2F3N3. The van der Waals surface area contributed by atoms with Crippen LogP contribution in [0.2, 0.25) is 10.0 Å². The van der Waals surface area contributed by atoms with Crippen LogP contribution in [0.25, 0.3) is 0 Å². The van der Waals surface area contributed by atoms with E-state index in [0.29, 0.717) is 5.02 Å². The Balaban J connectivity index is 2.57. The van der Waals surface area contributed by atoms with Crippen LogP contribution in [0.4, 0.5) is 13.2 Å². The molecule has 1 atom stereocenters. The monoisotopic (exact) mass is 335 g/mol. The van der Waals surface area contributed by atoms with Crippen molar-refractivity contribution in [3.63, 3.8) is 0 Å². The molecule has 8 heteroatoms. The summed E-state index contributed by atoms with van der Waals surface area (Å²) in [4.78, 5) is 7.79. The summed E-state index contributed by atoms with van der Waals surface area (Å²) in [6.45, 7) is 0. The molecule has 2 aromatic rings. The molecule has 0 aliphatic carbocycles. The van der Waals surface area contributed by atoms with E-state index in [1.165, 1.54) is 19.3 Å². The quantitative estimate of drug-likeness (QED) is 0.917. The number of hydrogen-bond acceptors (Lipinski definition) is 3. The van der Waals surface area contributed by atoms with Crippen molar-refractivity contribution in [2.24, 2.45) is 0 Å². The number of nitrogens with zero attached hydrogens (tertiary/aromatic N) is 2. The van der Waals surface area contributed by atoms with Gasteiger partial charge in [-0.2, -0.15) is 13.2 Å². The van der Waals surface area contributed by atoms with Crippen molar-refractivity contribution in [1.29, 1.82) is 0 Å². The van der Waals surface area contributed by atoms with Crippen molar-refractivity contribution < 1.29 is 13.2 Å². The SMILES string of the molecule is CNC(c1cnccc1C(F)(F)F)c1ncc(Cl)cc1Cl. The maximum Gasteiger partial charge on any atom is 0.416 e. The summed E-state index contributed by atoms with van der Waals surface area (Å²) in [5.74, 6) is 0. The topological polar surface area (TPSA) is 37.8 Å². The van der Waals surface area contributed by atoms with Gasteiger partial charge in [0, 0.05) is 24.2 Å². The van der Waals surface area contributed by atoms with Crippen LogP contribution in [-0.4, -0.2) is 17.0 Å². The number of hydrogen-bond donors (Lipinski definition) is 1. The molecule has 0 amide bonds. The number of pyridine rings is 2. The van der Waals surface area contributed by atoms with Gasteiger partial charge in [0.2, 0.25) is 0 Å². The summed E-state index contributed by atoms with van der Waals surface area (Å²) in [7, 11) is 1.52. The normalized spacial score (nSPS) is 13.2. The van der Waals surface area contributed by atoms with E-state index in [-0.39, 0.29) is 16.3 Å². The van der Waals surface area contributed by atoms with Gasteiger partial charge in [0.25, 0.3) is 0 Å². The molecule has 1 N–H and O–H groups in total. The zero-order chi connectivity index (χ0) is 15.6. The molecule has 2 heterocycles. The van der Waals surface area contributed by atoms with Crippen molar-refractivity contribution in [1.82, 2.24) is 15.3 Å². The minimum Gasteiger partial charge on any atom is -0.308 e. The predicted molar refractivity (Wildman–Crippen MR) is 74.4 cm³/mol. The van der Waals surface area contributed by atoms with Gasteiger partial charge in [0.1, 0.15) is 0 Å². The number of nitrogens with one attached hydrogen (secondary N) is 1. The van der Waals surface area contributed by atoms with E-state index in [1.54, 1.807) is 0 Å². The molecule has 1 unspecified atom stereocenters. The van der Waals surface area contributed by atoms with E-state index in [0.717, 1.165) is 18.5 Å². The van der Waals surface area contributed by atoms with Gasteiger partial charge in [0.15, 0.2) is 0 Å². The zero-order valence-corrected chi connectivity index (χ0v) is 12.3. The van der Waals surface area contributed by atoms with Gasteiger partial charge in [-0.3, -0.25) is 9.97 Å². The summed E-state index contributed by atoms with van der Waals surface area (Å²) in [6.07, 6.45) is -0.921. The van der Waals surface area contributed by atoms with Crippen LogP contribution in [-0.2, 0) is 6.18 Å². The highest BCUT2D eigenvalue weighted by molar-refractivity contribution is 6.34. The average Bonchev–Trinajstić information content (AvgIpc) is 2.41. The molecule has 2 rings (SSSR count). The lowest BCUT2D eigenvalue weighted by atomic mass is 9.99. The van der Waals surface area contributed by atoms with E-state index < -0.39 is 17.8 Å². The van der Waals surface area contributed by atoms with Crippen molar-refractivity contribution in [3.05, 3.63) is 57.6 Å². The van der Waals surface area contributed by atoms with Gasteiger partial charge in [0.05, 0.1) is 27.3 Å². The molecule has 3 nitrogen and oxygen atoms in total. The fourth-order valence-corrected chi connectivity index (χ4v) is 2.46. The Morgan fingerprint density at radius 2 is 1.95 bits per heavy atom. The number of aromatic nitrogens is 2. The highest BCUT2D eigenvalue weighted by atomic mass is 35.5. The van der Waals surface area contributed by atoms with Gasteiger partial charge in [-0.05, 0) is 19.2 Å². The largest absolute Gasteiger partial charge is 0.416 e. The molecule has 112 valence electrons. The number of alkyl halides is 3. The fraction of sp³-hybridized carbons (Fsp3) is 0.231. The van der Waals surface area contributed by atoms with E-state index in [2.05, 4.69) is 15.3 Å². The van der Waals surface area contributed by atoms with E-state index in [1.807, 2.05) is 0 Å². The van der Waals surface area contributed by atoms with Crippen molar-refractivity contribution in [2.45, 2.75) is 12.2 Å². The fourth-order valence-electron chi connectivity index (χ4n) is 1.97. The maximum atomic E-state index is 13.1. The Morgan fingerprint density at radius 1 is 1.24 bits per heavy atom. The first-order valence-electron chi connectivity index (χ1n) is 5.84. The molecule has 0 aromatic carbocycles. The standard InChI is InChI=1S/C13H10Cl2F3N3/c1-19-11(12-10(15)4-7(14)5-21-12)8-6-20-3-2-9(8)13(16,17)18/h2-6,11,19H,1H3.